The first-order valence-corrected chi connectivity index (χ1v) is 11.8. The summed E-state index contributed by atoms with van der Waals surface area (Å²) in [6.45, 7) is 5.98. The third-order valence-electron chi connectivity index (χ3n) is 6.51. The smallest absolute Gasteiger partial charge is 0.341 e. The number of hydrogen-bond acceptors (Lipinski definition) is 6. The molecule has 0 aliphatic carbocycles. The van der Waals surface area contributed by atoms with Crippen LogP contribution in [0.5, 0.6) is 0 Å². The lowest BCUT2D eigenvalue weighted by Gasteiger charge is -2.31. The highest BCUT2D eigenvalue weighted by Crippen LogP contribution is 2.28. The van der Waals surface area contributed by atoms with E-state index in [4.69, 9.17) is 9.72 Å². The van der Waals surface area contributed by atoms with Gasteiger partial charge in [-0.05, 0) is 48.1 Å². The molecule has 0 radical (unpaired) electrons. The van der Waals surface area contributed by atoms with Gasteiger partial charge in [0.2, 0.25) is 5.43 Å². The van der Waals surface area contributed by atoms with Crippen molar-refractivity contribution in [2.24, 2.45) is 5.92 Å². The maximum atomic E-state index is 13.3. The van der Waals surface area contributed by atoms with Crippen LogP contribution in [0.4, 0.5) is 10.2 Å². The molecule has 2 aromatic heterocycles. The normalized spacial score (nSPS) is 15.1. The largest absolute Gasteiger partial charge is 0.477 e. The van der Waals surface area contributed by atoms with E-state index in [1.807, 2.05) is 13.8 Å². The van der Waals surface area contributed by atoms with Gasteiger partial charge in [0.1, 0.15) is 22.8 Å². The summed E-state index contributed by atoms with van der Waals surface area (Å²) < 4.78 is 20.5. The highest BCUT2D eigenvalue weighted by Gasteiger charge is 2.25. The van der Waals surface area contributed by atoms with Crippen LogP contribution in [0.15, 0.2) is 41.3 Å². The van der Waals surface area contributed by atoms with Crippen LogP contribution in [-0.4, -0.2) is 58.6 Å². The van der Waals surface area contributed by atoms with Crippen molar-refractivity contribution in [1.29, 1.82) is 0 Å². The number of ether oxygens (including phenoxy) is 1. The molecule has 3 heterocycles. The van der Waals surface area contributed by atoms with Gasteiger partial charge in [0.25, 0.3) is 0 Å². The fourth-order valence-electron chi connectivity index (χ4n) is 4.49. The molecule has 1 saturated heterocycles. The predicted molar refractivity (Wildman–Crippen MR) is 131 cm³/mol. The topological polar surface area (TPSA) is 105 Å². The first-order valence-electron chi connectivity index (χ1n) is 11.8. The number of nitrogens with zero attached hydrogens (tertiary/aromatic N) is 3. The Morgan fingerprint density at radius 2 is 1.86 bits per heavy atom. The number of fused-ring (bicyclic) bond motifs is 1. The van der Waals surface area contributed by atoms with Crippen molar-refractivity contribution in [1.82, 2.24) is 9.55 Å². The number of carbonyl (C=O) groups is 1. The lowest BCUT2D eigenvalue weighted by Crippen LogP contribution is -2.37. The SMILES string of the molecule is CC(C)[C@@H](CO)n1cc(C(=O)O)c(=O)c2cc(CCc3ccc(F)cc3)c(N3CCOCC3)nc21. The van der Waals surface area contributed by atoms with Crippen molar-refractivity contribution < 1.29 is 24.1 Å². The molecule has 0 spiro atoms. The molecule has 0 unspecified atom stereocenters. The van der Waals surface area contributed by atoms with Crippen LogP contribution >= 0.6 is 0 Å². The Morgan fingerprint density at radius 3 is 2.46 bits per heavy atom. The molecule has 0 amide bonds. The summed E-state index contributed by atoms with van der Waals surface area (Å²) in [5.74, 6) is -0.949. The Labute approximate surface area is 202 Å². The number of pyridine rings is 2. The number of aliphatic hydroxyl groups excluding tert-OH is 1. The van der Waals surface area contributed by atoms with E-state index in [-0.39, 0.29) is 29.3 Å². The zero-order valence-corrected chi connectivity index (χ0v) is 19.9. The van der Waals surface area contributed by atoms with E-state index < -0.39 is 17.4 Å². The number of aryl methyl sites for hydroxylation is 2. The van der Waals surface area contributed by atoms with Crippen molar-refractivity contribution in [3.63, 3.8) is 0 Å². The van der Waals surface area contributed by atoms with Gasteiger partial charge in [-0.1, -0.05) is 26.0 Å². The zero-order chi connectivity index (χ0) is 25.1. The molecule has 1 aliphatic rings. The van der Waals surface area contributed by atoms with Crippen LogP contribution in [0.25, 0.3) is 11.0 Å². The van der Waals surface area contributed by atoms with Crippen molar-refractivity contribution in [2.75, 3.05) is 37.8 Å². The number of carboxylic acids is 1. The van der Waals surface area contributed by atoms with Crippen molar-refractivity contribution >= 4 is 22.8 Å². The quantitative estimate of drug-likeness (QED) is 0.507. The number of benzene rings is 1. The minimum atomic E-state index is -1.32. The number of aromatic carboxylic acids is 1. The molecule has 9 heteroatoms. The van der Waals surface area contributed by atoms with Gasteiger partial charge in [0, 0.05) is 19.3 Å². The number of aromatic nitrogens is 2. The van der Waals surface area contributed by atoms with Gasteiger partial charge in [-0.15, -0.1) is 0 Å². The summed E-state index contributed by atoms with van der Waals surface area (Å²) in [7, 11) is 0. The number of hydrogen-bond donors (Lipinski definition) is 2. The number of halogens is 1. The van der Waals surface area contributed by atoms with Crippen LogP contribution in [0.2, 0.25) is 0 Å². The summed E-state index contributed by atoms with van der Waals surface area (Å²) in [5, 5.41) is 20.0. The summed E-state index contributed by atoms with van der Waals surface area (Å²) >= 11 is 0. The molecular formula is C26H30FN3O5. The van der Waals surface area contributed by atoms with E-state index in [0.717, 1.165) is 11.1 Å². The van der Waals surface area contributed by atoms with Gasteiger partial charge in [-0.3, -0.25) is 4.79 Å². The van der Waals surface area contributed by atoms with E-state index in [2.05, 4.69) is 4.90 Å². The first-order chi connectivity index (χ1) is 16.8. The molecule has 0 bridgehead atoms. The van der Waals surface area contributed by atoms with Gasteiger partial charge < -0.3 is 24.4 Å². The number of rotatable bonds is 8. The molecular weight excluding hydrogens is 453 g/mol. The van der Waals surface area contributed by atoms with Crippen LogP contribution < -0.4 is 10.3 Å². The standard InChI is InChI=1S/C26H30FN3O5/c1-16(2)22(15-31)30-14-21(26(33)34)23(32)20-13-18(6-3-17-4-7-19(27)8-5-17)24(28-25(20)30)29-9-11-35-12-10-29/h4-5,7-8,13-14,16,22,31H,3,6,9-12,15H2,1-2H3,(H,33,34)/t22-/m1/s1. The highest BCUT2D eigenvalue weighted by atomic mass is 19.1. The fourth-order valence-corrected chi connectivity index (χ4v) is 4.49. The lowest BCUT2D eigenvalue weighted by atomic mass is 10.0. The van der Waals surface area contributed by atoms with Gasteiger partial charge in [0.05, 0.1) is 31.2 Å². The summed E-state index contributed by atoms with van der Waals surface area (Å²) in [6, 6.07) is 7.55. The monoisotopic (exact) mass is 483 g/mol. The van der Waals surface area contributed by atoms with E-state index in [1.165, 1.54) is 18.3 Å². The van der Waals surface area contributed by atoms with E-state index in [9.17, 15) is 24.2 Å². The van der Waals surface area contributed by atoms with Crippen LogP contribution in [-0.2, 0) is 17.6 Å². The Balaban J connectivity index is 1.90. The third-order valence-corrected chi connectivity index (χ3v) is 6.51. The maximum absolute atomic E-state index is 13.3. The molecule has 1 fully saturated rings. The molecule has 2 N–H and O–H groups in total. The van der Waals surface area contributed by atoms with Gasteiger partial charge in [-0.2, -0.15) is 0 Å². The summed E-state index contributed by atoms with van der Waals surface area (Å²) in [5.41, 5.74) is 1.13. The first kappa shape index (κ1) is 24.8. The van der Waals surface area contributed by atoms with Crippen molar-refractivity contribution in [3.8, 4) is 0 Å². The minimum absolute atomic E-state index is 0.0286. The van der Waals surface area contributed by atoms with Gasteiger partial charge in [-0.25, -0.2) is 14.2 Å². The number of aliphatic hydroxyl groups is 1. The number of morpholine rings is 1. The van der Waals surface area contributed by atoms with E-state index in [0.29, 0.717) is 50.6 Å². The van der Waals surface area contributed by atoms with E-state index in [1.54, 1.807) is 22.8 Å². The second kappa shape index (κ2) is 10.5. The van der Waals surface area contributed by atoms with Crippen LogP contribution in [0.3, 0.4) is 0 Å². The third kappa shape index (κ3) is 5.21. The Morgan fingerprint density at radius 1 is 1.17 bits per heavy atom. The number of anilines is 1. The second-order valence-electron chi connectivity index (χ2n) is 9.15. The highest BCUT2D eigenvalue weighted by molar-refractivity contribution is 5.92. The average molecular weight is 484 g/mol. The second-order valence-corrected chi connectivity index (χ2v) is 9.15. The fraction of sp³-hybridized carbons (Fsp3) is 0.423. The summed E-state index contributed by atoms with van der Waals surface area (Å²) in [4.78, 5) is 32.1. The molecule has 1 aliphatic heterocycles. The Kier molecular flexibility index (Phi) is 7.47. The zero-order valence-electron chi connectivity index (χ0n) is 19.9. The van der Waals surface area contributed by atoms with Gasteiger partial charge in [0.15, 0.2) is 0 Å². The Hall–Kier alpha value is -3.30. The van der Waals surface area contributed by atoms with E-state index >= 15 is 0 Å². The molecule has 186 valence electrons. The molecule has 8 nitrogen and oxygen atoms in total. The molecule has 1 atom stereocenters. The lowest BCUT2D eigenvalue weighted by molar-refractivity contribution is 0.0694. The van der Waals surface area contributed by atoms with Crippen LogP contribution in [0.1, 0.15) is 41.4 Å². The number of carboxylic acid groups (broad SMARTS) is 1. The maximum Gasteiger partial charge on any atom is 0.341 e. The molecule has 0 saturated carbocycles. The summed E-state index contributed by atoms with van der Waals surface area (Å²) in [6.07, 6.45) is 2.43. The molecule has 4 rings (SSSR count). The Bertz CT molecular complexity index is 1270. The van der Waals surface area contributed by atoms with Crippen LogP contribution in [0, 0.1) is 11.7 Å². The minimum Gasteiger partial charge on any atom is -0.477 e. The van der Waals surface area contributed by atoms with Gasteiger partial charge >= 0.3 is 5.97 Å². The van der Waals surface area contributed by atoms with Crippen molar-refractivity contribution in [3.05, 3.63) is 69.3 Å². The predicted octanol–water partition coefficient (Wildman–Crippen LogP) is 3.05. The average Bonchev–Trinajstić information content (AvgIpc) is 2.85. The molecule has 3 aromatic rings. The molecule has 1 aromatic carbocycles. The molecule has 35 heavy (non-hydrogen) atoms. The van der Waals surface area contributed by atoms with Crippen molar-refractivity contribution in [2.45, 2.75) is 32.7 Å².